The second-order valence-electron chi connectivity index (χ2n) is 7.40. The first-order valence-corrected chi connectivity index (χ1v) is 9.03. The van der Waals surface area contributed by atoms with Crippen LogP contribution in [-0.4, -0.2) is 58.1 Å². The molecule has 0 radical (unpaired) electrons. The molecule has 2 aromatic rings. The summed E-state index contributed by atoms with van der Waals surface area (Å²) < 4.78 is 29.9. The summed E-state index contributed by atoms with van der Waals surface area (Å²) in [5.41, 5.74) is -0.00468. The molecule has 0 aromatic carbocycles. The average Bonchev–Trinajstić information content (AvgIpc) is 3.11. The van der Waals surface area contributed by atoms with Crippen LogP contribution in [-0.2, 0) is 0 Å². The van der Waals surface area contributed by atoms with Crippen molar-refractivity contribution in [3.63, 3.8) is 0 Å². The van der Waals surface area contributed by atoms with Gasteiger partial charge in [-0.1, -0.05) is 0 Å². The molecule has 0 bridgehead atoms. The molecular formula is C19H21F2N5O. The first kappa shape index (κ1) is 17.8. The smallest absolute Gasteiger partial charge is 0.258 e. The number of carbonyl (C=O) groups excluding carboxylic acids is 1. The van der Waals surface area contributed by atoms with Gasteiger partial charge in [0.05, 0.1) is 11.1 Å². The zero-order valence-electron chi connectivity index (χ0n) is 15.1. The van der Waals surface area contributed by atoms with Crippen LogP contribution in [0.1, 0.15) is 28.9 Å². The maximum absolute atomic E-state index is 14.9. The van der Waals surface area contributed by atoms with Crippen molar-refractivity contribution in [1.29, 1.82) is 0 Å². The molecule has 0 aliphatic carbocycles. The van der Waals surface area contributed by atoms with Crippen molar-refractivity contribution in [2.24, 2.45) is 5.41 Å². The molecular weight excluding hydrogens is 352 g/mol. The lowest BCUT2D eigenvalue weighted by atomic mass is 9.75. The summed E-state index contributed by atoms with van der Waals surface area (Å²) in [7, 11) is 0. The summed E-state index contributed by atoms with van der Waals surface area (Å²) in [5.74, 6) is -2.44. The number of carbonyl (C=O) groups is 1. The van der Waals surface area contributed by atoms with Crippen LogP contribution in [0.4, 0.5) is 14.6 Å². The zero-order chi connectivity index (χ0) is 19.1. The van der Waals surface area contributed by atoms with E-state index >= 15 is 0 Å². The monoisotopic (exact) mass is 373 g/mol. The van der Waals surface area contributed by atoms with Crippen LogP contribution in [0.2, 0.25) is 0 Å². The molecule has 1 atom stereocenters. The summed E-state index contributed by atoms with van der Waals surface area (Å²) in [6, 6.07) is 6.86. The molecule has 2 fully saturated rings. The molecule has 4 heterocycles. The Balaban J connectivity index is 1.56. The third kappa shape index (κ3) is 3.13. The molecule has 1 spiro atoms. The standard InChI is InChI=1S/C19H21F2N5O/c1-14-2-3-16(24-23-14)25-10-6-18(12-25)13-26(11-7-19(18,20)21)17(27)15-4-8-22-9-5-15/h2-5,8-9H,6-7,10-13H2,1H3/t18-/m0/s1. The Bertz CT molecular complexity index is 830. The fraction of sp³-hybridized carbons (Fsp3) is 0.474. The fourth-order valence-corrected chi connectivity index (χ4v) is 4.01. The topological polar surface area (TPSA) is 62.2 Å². The van der Waals surface area contributed by atoms with E-state index in [0.717, 1.165) is 5.69 Å². The van der Waals surface area contributed by atoms with E-state index in [1.807, 2.05) is 24.0 Å². The normalized spacial score (nSPS) is 24.4. The van der Waals surface area contributed by atoms with E-state index in [0.29, 0.717) is 24.3 Å². The second-order valence-corrected chi connectivity index (χ2v) is 7.40. The highest BCUT2D eigenvalue weighted by atomic mass is 19.3. The largest absolute Gasteiger partial charge is 0.354 e. The lowest BCUT2D eigenvalue weighted by Crippen LogP contribution is -2.58. The molecule has 4 rings (SSSR count). The Hall–Kier alpha value is -2.64. The van der Waals surface area contributed by atoms with Gasteiger partial charge in [0.25, 0.3) is 11.8 Å². The summed E-state index contributed by atoms with van der Waals surface area (Å²) in [6.45, 7) is 2.57. The van der Waals surface area contributed by atoms with Crippen molar-refractivity contribution >= 4 is 11.7 Å². The predicted molar refractivity (Wildman–Crippen MR) is 95.7 cm³/mol. The third-order valence-corrected chi connectivity index (χ3v) is 5.64. The van der Waals surface area contributed by atoms with Crippen LogP contribution < -0.4 is 4.90 Å². The minimum atomic E-state index is -2.82. The maximum Gasteiger partial charge on any atom is 0.258 e. The number of pyridine rings is 1. The van der Waals surface area contributed by atoms with E-state index in [2.05, 4.69) is 15.2 Å². The Morgan fingerprint density at radius 1 is 1.04 bits per heavy atom. The van der Waals surface area contributed by atoms with Gasteiger partial charge in [-0.25, -0.2) is 8.78 Å². The van der Waals surface area contributed by atoms with Gasteiger partial charge in [-0.3, -0.25) is 9.78 Å². The Morgan fingerprint density at radius 2 is 1.81 bits per heavy atom. The summed E-state index contributed by atoms with van der Waals surface area (Å²) in [4.78, 5) is 20.1. The number of piperidine rings is 1. The zero-order valence-corrected chi connectivity index (χ0v) is 15.1. The van der Waals surface area contributed by atoms with E-state index in [1.165, 1.54) is 12.4 Å². The molecule has 2 saturated heterocycles. The van der Waals surface area contributed by atoms with Crippen LogP contribution in [0.3, 0.4) is 0 Å². The molecule has 0 unspecified atom stereocenters. The first-order chi connectivity index (χ1) is 12.9. The number of hydrogen-bond acceptors (Lipinski definition) is 5. The number of rotatable bonds is 2. The van der Waals surface area contributed by atoms with Crippen LogP contribution in [0.15, 0.2) is 36.7 Å². The van der Waals surface area contributed by atoms with E-state index < -0.39 is 11.3 Å². The van der Waals surface area contributed by atoms with Gasteiger partial charge in [0, 0.05) is 50.6 Å². The van der Waals surface area contributed by atoms with Gasteiger partial charge in [0.2, 0.25) is 0 Å². The van der Waals surface area contributed by atoms with E-state index in [-0.39, 0.29) is 32.0 Å². The molecule has 2 aliphatic rings. The van der Waals surface area contributed by atoms with E-state index in [4.69, 9.17) is 0 Å². The van der Waals surface area contributed by atoms with Gasteiger partial charge < -0.3 is 9.80 Å². The highest BCUT2D eigenvalue weighted by molar-refractivity contribution is 5.94. The molecule has 0 saturated carbocycles. The highest BCUT2D eigenvalue weighted by Gasteiger charge is 2.60. The fourth-order valence-electron chi connectivity index (χ4n) is 4.01. The number of likely N-dealkylation sites (tertiary alicyclic amines) is 1. The van der Waals surface area contributed by atoms with Gasteiger partial charge in [-0.2, -0.15) is 5.10 Å². The molecule has 2 aromatic heterocycles. The number of nitrogens with zero attached hydrogens (tertiary/aromatic N) is 5. The molecule has 8 heteroatoms. The number of aryl methyl sites for hydroxylation is 1. The van der Waals surface area contributed by atoms with E-state index in [9.17, 15) is 13.6 Å². The number of hydrogen-bond donors (Lipinski definition) is 0. The number of halogens is 2. The molecule has 6 nitrogen and oxygen atoms in total. The van der Waals surface area contributed by atoms with Gasteiger partial charge >= 0.3 is 0 Å². The minimum Gasteiger partial charge on any atom is -0.354 e. The first-order valence-electron chi connectivity index (χ1n) is 9.03. The van der Waals surface area contributed by atoms with Crippen LogP contribution in [0, 0.1) is 12.3 Å². The van der Waals surface area contributed by atoms with Crippen molar-refractivity contribution < 1.29 is 13.6 Å². The van der Waals surface area contributed by atoms with Crippen molar-refractivity contribution in [1.82, 2.24) is 20.1 Å². The Labute approximate surface area is 156 Å². The number of alkyl halides is 2. The quantitative estimate of drug-likeness (QED) is 0.810. The number of aromatic nitrogens is 3. The van der Waals surface area contributed by atoms with Crippen molar-refractivity contribution in [3.8, 4) is 0 Å². The number of amides is 1. The van der Waals surface area contributed by atoms with Gasteiger partial charge in [0.15, 0.2) is 5.82 Å². The molecule has 0 N–H and O–H groups in total. The number of anilines is 1. The molecule has 2 aliphatic heterocycles. The average molecular weight is 373 g/mol. The third-order valence-electron chi connectivity index (χ3n) is 5.64. The van der Waals surface area contributed by atoms with Gasteiger partial charge in [0.1, 0.15) is 0 Å². The lowest BCUT2D eigenvalue weighted by Gasteiger charge is -2.45. The van der Waals surface area contributed by atoms with Gasteiger partial charge in [-0.15, -0.1) is 5.10 Å². The molecule has 142 valence electrons. The Morgan fingerprint density at radius 3 is 2.52 bits per heavy atom. The van der Waals surface area contributed by atoms with Crippen LogP contribution in [0.5, 0.6) is 0 Å². The summed E-state index contributed by atoms with van der Waals surface area (Å²) >= 11 is 0. The molecule has 1 amide bonds. The lowest BCUT2D eigenvalue weighted by molar-refractivity contribution is -0.150. The molecule has 27 heavy (non-hydrogen) atoms. The highest BCUT2D eigenvalue weighted by Crippen LogP contribution is 2.50. The van der Waals surface area contributed by atoms with Crippen molar-refractivity contribution in [2.45, 2.75) is 25.7 Å². The van der Waals surface area contributed by atoms with Gasteiger partial charge in [-0.05, 0) is 37.6 Å². The summed E-state index contributed by atoms with van der Waals surface area (Å²) in [5, 5.41) is 8.16. The Kier molecular flexibility index (Phi) is 4.28. The minimum absolute atomic E-state index is 0.0386. The predicted octanol–water partition coefficient (Wildman–Crippen LogP) is 2.56. The SMILES string of the molecule is Cc1ccc(N2CC[C@@]3(CN(C(=O)c4ccncc4)CCC3(F)F)C2)nn1. The second kappa shape index (κ2) is 6.51. The summed E-state index contributed by atoms with van der Waals surface area (Å²) in [6.07, 6.45) is 3.07. The van der Waals surface area contributed by atoms with Crippen molar-refractivity contribution in [3.05, 3.63) is 47.9 Å². The maximum atomic E-state index is 14.9. The van der Waals surface area contributed by atoms with E-state index in [1.54, 1.807) is 17.0 Å². The van der Waals surface area contributed by atoms with Crippen LogP contribution in [0.25, 0.3) is 0 Å². The van der Waals surface area contributed by atoms with Crippen LogP contribution >= 0.6 is 0 Å². The van der Waals surface area contributed by atoms with Crippen molar-refractivity contribution in [2.75, 3.05) is 31.1 Å².